The highest BCUT2D eigenvalue weighted by atomic mass is 16.5. The maximum absolute atomic E-state index is 5.70. The van der Waals surface area contributed by atoms with Gasteiger partial charge in [-0.15, -0.1) is 0 Å². The molecule has 8 nitrogen and oxygen atoms in total. The van der Waals surface area contributed by atoms with Gasteiger partial charge < -0.3 is 20.1 Å². The van der Waals surface area contributed by atoms with E-state index in [1.165, 1.54) is 5.56 Å². The lowest BCUT2D eigenvalue weighted by molar-refractivity contribution is 0.413. The smallest absolute Gasteiger partial charge is 0.228 e. The molecule has 1 fully saturated rings. The van der Waals surface area contributed by atoms with Crippen LogP contribution in [0.1, 0.15) is 24.3 Å². The Morgan fingerprint density at radius 3 is 2.61 bits per heavy atom. The molecule has 0 spiro atoms. The van der Waals surface area contributed by atoms with E-state index in [1.807, 2.05) is 37.4 Å². The highest BCUT2D eigenvalue weighted by Crippen LogP contribution is 2.35. The molecule has 0 atom stereocenters. The number of nitrogens with zero attached hydrogens (tertiary/aromatic N) is 4. The average Bonchev–Trinajstić information content (AvgIpc) is 3.20. The van der Waals surface area contributed by atoms with E-state index >= 15 is 0 Å². The van der Waals surface area contributed by atoms with E-state index in [4.69, 9.17) is 19.6 Å². The molecule has 5 rings (SSSR count). The van der Waals surface area contributed by atoms with Crippen molar-refractivity contribution < 1.29 is 9.47 Å². The number of aromatic nitrogens is 4. The second kappa shape index (κ2) is 9.07. The summed E-state index contributed by atoms with van der Waals surface area (Å²) in [7, 11) is 5.24. The normalized spacial score (nSPS) is 14.4. The highest BCUT2D eigenvalue weighted by Gasteiger charge is 2.19. The summed E-state index contributed by atoms with van der Waals surface area (Å²) < 4.78 is 13.0. The number of methoxy groups -OCH3 is 2. The van der Waals surface area contributed by atoms with Crippen LogP contribution in [0.15, 0.2) is 48.7 Å². The number of piperidine rings is 1. The molecule has 2 N–H and O–H groups in total. The largest absolute Gasteiger partial charge is 0.496 e. The lowest BCUT2D eigenvalue weighted by atomic mass is 9.90. The average molecular weight is 445 g/mol. The standard InChI is InChI=1S/C25H28N6O2/c1-31-20-15-27-25(29-24(20)23(30-31)18-6-4-5-7-21(18)32-2)28-19-9-8-17(14-22(19)33-3)16-10-12-26-13-11-16/h4-9,14-16,26H,10-13H2,1-3H3,(H,27,28,29). The van der Waals surface area contributed by atoms with Gasteiger partial charge in [0.2, 0.25) is 5.95 Å². The summed E-state index contributed by atoms with van der Waals surface area (Å²) in [5.41, 5.74) is 5.38. The lowest BCUT2D eigenvalue weighted by Crippen LogP contribution is -2.26. The van der Waals surface area contributed by atoms with Crippen LogP contribution in [-0.4, -0.2) is 47.1 Å². The Morgan fingerprint density at radius 2 is 1.82 bits per heavy atom. The van der Waals surface area contributed by atoms with E-state index in [0.29, 0.717) is 11.9 Å². The number of ether oxygens (including phenoxy) is 2. The molecule has 170 valence electrons. The molecular weight excluding hydrogens is 416 g/mol. The Morgan fingerprint density at radius 1 is 1.03 bits per heavy atom. The quantitative estimate of drug-likeness (QED) is 0.460. The molecule has 1 aliphatic rings. The molecule has 1 aliphatic heterocycles. The number of anilines is 2. The molecular formula is C25H28N6O2. The van der Waals surface area contributed by atoms with Crippen molar-refractivity contribution in [2.24, 2.45) is 7.05 Å². The monoisotopic (exact) mass is 444 g/mol. The van der Waals surface area contributed by atoms with E-state index in [1.54, 1.807) is 25.1 Å². The number of fused-ring (bicyclic) bond motifs is 1. The fraction of sp³-hybridized carbons (Fsp3) is 0.320. The fourth-order valence-corrected chi connectivity index (χ4v) is 4.46. The SMILES string of the molecule is COc1cc(C2CCNCC2)ccc1Nc1ncc2c(n1)c(-c1ccccc1OC)nn2C. The summed E-state index contributed by atoms with van der Waals surface area (Å²) in [6, 6.07) is 14.2. The summed E-state index contributed by atoms with van der Waals surface area (Å²) in [6.07, 6.45) is 4.07. The third kappa shape index (κ3) is 4.09. The molecule has 0 amide bonds. The Hall–Kier alpha value is -3.65. The molecule has 33 heavy (non-hydrogen) atoms. The zero-order valence-corrected chi connectivity index (χ0v) is 19.1. The van der Waals surface area contributed by atoms with Crippen LogP contribution in [0.25, 0.3) is 22.3 Å². The predicted molar refractivity (Wildman–Crippen MR) is 129 cm³/mol. The van der Waals surface area contributed by atoms with Crippen molar-refractivity contribution in [3.63, 3.8) is 0 Å². The number of hydrogen-bond acceptors (Lipinski definition) is 7. The number of aryl methyl sites for hydroxylation is 1. The van der Waals surface area contributed by atoms with Gasteiger partial charge in [-0.2, -0.15) is 5.10 Å². The maximum atomic E-state index is 5.70. The molecule has 2 aromatic carbocycles. The summed E-state index contributed by atoms with van der Waals surface area (Å²) in [5, 5.41) is 11.4. The lowest BCUT2D eigenvalue weighted by Gasteiger charge is -2.24. The van der Waals surface area contributed by atoms with Gasteiger partial charge in [-0.3, -0.25) is 4.68 Å². The minimum Gasteiger partial charge on any atom is -0.496 e. The van der Waals surface area contributed by atoms with E-state index in [-0.39, 0.29) is 0 Å². The van der Waals surface area contributed by atoms with Gasteiger partial charge in [0.15, 0.2) is 0 Å². The predicted octanol–water partition coefficient (Wildman–Crippen LogP) is 4.26. The van der Waals surface area contributed by atoms with E-state index in [0.717, 1.165) is 65.4 Å². The minimum atomic E-state index is 0.486. The number of rotatable bonds is 6. The molecule has 0 saturated carbocycles. The summed E-state index contributed by atoms with van der Waals surface area (Å²) in [5.74, 6) is 2.58. The van der Waals surface area contributed by atoms with Crippen LogP contribution in [0.4, 0.5) is 11.6 Å². The van der Waals surface area contributed by atoms with Crippen molar-refractivity contribution in [3.05, 3.63) is 54.2 Å². The molecule has 3 heterocycles. The van der Waals surface area contributed by atoms with Crippen molar-refractivity contribution >= 4 is 22.7 Å². The van der Waals surface area contributed by atoms with Gasteiger partial charge >= 0.3 is 0 Å². The first kappa shape index (κ1) is 21.2. The first-order chi connectivity index (χ1) is 16.2. The van der Waals surface area contributed by atoms with Gasteiger partial charge in [-0.1, -0.05) is 18.2 Å². The first-order valence-electron chi connectivity index (χ1n) is 11.2. The van der Waals surface area contributed by atoms with Gasteiger partial charge in [-0.25, -0.2) is 9.97 Å². The number of nitrogens with one attached hydrogen (secondary N) is 2. The van der Waals surface area contributed by atoms with Gasteiger partial charge in [0.25, 0.3) is 0 Å². The second-order valence-electron chi connectivity index (χ2n) is 8.21. The molecule has 2 aromatic heterocycles. The van der Waals surface area contributed by atoms with Gasteiger partial charge in [0.05, 0.1) is 26.1 Å². The second-order valence-corrected chi connectivity index (χ2v) is 8.21. The maximum Gasteiger partial charge on any atom is 0.228 e. The summed E-state index contributed by atoms with van der Waals surface area (Å²) in [6.45, 7) is 2.11. The minimum absolute atomic E-state index is 0.486. The van der Waals surface area contributed by atoms with Crippen LogP contribution in [0.5, 0.6) is 11.5 Å². The van der Waals surface area contributed by atoms with Crippen LogP contribution >= 0.6 is 0 Å². The summed E-state index contributed by atoms with van der Waals surface area (Å²) in [4.78, 5) is 9.33. The molecule has 1 saturated heterocycles. The number of benzene rings is 2. The van der Waals surface area contributed by atoms with Crippen molar-refractivity contribution in [3.8, 4) is 22.8 Å². The van der Waals surface area contributed by atoms with Crippen molar-refractivity contribution in [2.75, 3.05) is 32.6 Å². The molecule has 0 unspecified atom stereocenters. The molecule has 0 radical (unpaired) electrons. The molecule has 4 aromatic rings. The Bertz CT molecular complexity index is 1280. The first-order valence-corrected chi connectivity index (χ1v) is 11.2. The van der Waals surface area contributed by atoms with Crippen LogP contribution < -0.4 is 20.1 Å². The van der Waals surface area contributed by atoms with Gasteiger partial charge in [0, 0.05) is 12.6 Å². The Labute approximate surface area is 193 Å². The van der Waals surface area contributed by atoms with E-state index < -0.39 is 0 Å². The molecule has 0 aliphatic carbocycles. The van der Waals surface area contributed by atoms with Gasteiger partial charge in [-0.05, 0) is 61.7 Å². The zero-order valence-electron chi connectivity index (χ0n) is 19.1. The van der Waals surface area contributed by atoms with Crippen LogP contribution in [0.2, 0.25) is 0 Å². The van der Waals surface area contributed by atoms with Gasteiger partial charge in [0.1, 0.15) is 28.2 Å². The van der Waals surface area contributed by atoms with E-state index in [2.05, 4.69) is 27.8 Å². The fourth-order valence-electron chi connectivity index (χ4n) is 4.46. The van der Waals surface area contributed by atoms with E-state index in [9.17, 15) is 0 Å². The highest BCUT2D eigenvalue weighted by molar-refractivity contribution is 5.92. The summed E-state index contributed by atoms with van der Waals surface area (Å²) >= 11 is 0. The molecule has 8 heteroatoms. The Balaban J connectivity index is 1.49. The van der Waals surface area contributed by atoms with Crippen molar-refractivity contribution in [1.29, 1.82) is 0 Å². The third-order valence-corrected chi connectivity index (χ3v) is 6.24. The van der Waals surface area contributed by atoms with Crippen LogP contribution in [0, 0.1) is 0 Å². The van der Waals surface area contributed by atoms with Crippen LogP contribution in [-0.2, 0) is 7.05 Å². The Kier molecular flexibility index (Phi) is 5.83. The van der Waals surface area contributed by atoms with Crippen molar-refractivity contribution in [2.45, 2.75) is 18.8 Å². The number of hydrogen-bond donors (Lipinski definition) is 2. The topological polar surface area (TPSA) is 86.1 Å². The van der Waals surface area contributed by atoms with Crippen LogP contribution in [0.3, 0.4) is 0 Å². The molecule has 0 bridgehead atoms. The zero-order chi connectivity index (χ0) is 22.8. The van der Waals surface area contributed by atoms with Crippen molar-refractivity contribution in [1.82, 2.24) is 25.1 Å². The number of para-hydroxylation sites is 1. The third-order valence-electron chi connectivity index (χ3n) is 6.24.